The number of phenols is 1. The third kappa shape index (κ3) is 3.79. The number of methoxy groups -OCH3 is 2. The van der Waals surface area contributed by atoms with E-state index >= 15 is 0 Å². The van der Waals surface area contributed by atoms with Crippen molar-refractivity contribution in [3.8, 4) is 17.2 Å². The summed E-state index contributed by atoms with van der Waals surface area (Å²) in [6.07, 6.45) is 1.47. The molecular formula is C19H15ClFNO5S. The van der Waals surface area contributed by atoms with Gasteiger partial charge in [-0.1, -0.05) is 17.7 Å². The van der Waals surface area contributed by atoms with Crippen molar-refractivity contribution >= 4 is 40.6 Å². The lowest BCUT2D eigenvalue weighted by Gasteiger charge is -2.14. The number of aromatic hydroxyl groups is 1. The number of imide groups is 1. The van der Waals surface area contributed by atoms with E-state index in [-0.39, 0.29) is 39.3 Å². The maximum Gasteiger partial charge on any atom is 0.293 e. The monoisotopic (exact) mass is 423 g/mol. The fourth-order valence-electron chi connectivity index (χ4n) is 2.63. The number of nitrogens with zero attached hydrogens (tertiary/aromatic N) is 1. The zero-order chi connectivity index (χ0) is 20.4. The second-order valence-electron chi connectivity index (χ2n) is 5.74. The number of hydrogen-bond acceptors (Lipinski definition) is 6. The first-order chi connectivity index (χ1) is 13.3. The normalized spacial score (nSPS) is 15.4. The molecule has 0 bridgehead atoms. The summed E-state index contributed by atoms with van der Waals surface area (Å²) in [5.41, 5.74) is 0.557. The predicted molar refractivity (Wildman–Crippen MR) is 104 cm³/mol. The Kier molecular flexibility index (Phi) is 5.81. The number of halogens is 2. The second-order valence-corrected chi connectivity index (χ2v) is 7.14. The average molecular weight is 424 g/mol. The Morgan fingerprint density at radius 3 is 2.43 bits per heavy atom. The molecule has 0 saturated carbocycles. The molecule has 1 fully saturated rings. The van der Waals surface area contributed by atoms with Gasteiger partial charge >= 0.3 is 0 Å². The van der Waals surface area contributed by atoms with E-state index in [1.54, 1.807) is 0 Å². The van der Waals surface area contributed by atoms with Crippen LogP contribution in [0.4, 0.5) is 9.18 Å². The van der Waals surface area contributed by atoms with Gasteiger partial charge in [0.05, 0.1) is 25.7 Å². The van der Waals surface area contributed by atoms with Crippen LogP contribution >= 0.6 is 23.4 Å². The summed E-state index contributed by atoms with van der Waals surface area (Å²) in [5.74, 6) is -1.03. The Hall–Kier alpha value is -2.71. The van der Waals surface area contributed by atoms with E-state index in [2.05, 4.69) is 0 Å². The van der Waals surface area contributed by atoms with Gasteiger partial charge < -0.3 is 14.6 Å². The van der Waals surface area contributed by atoms with Crippen LogP contribution in [0.15, 0.2) is 35.2 Å². The molecule has 2 aromatic carbocycles. The highest BCUT2D eigenvalue weighted by Crippen LogP contribution is 2.40. The van der Waals surface area contributed by atoms with Gasteiger partial charge in [0.2, 0.25) is 5.75 Å². The molecule has 0 unspecified atom stereocenters. The molecule has 0 aliphatic carbocycles. The van der Waals surface area contributed by atoms with Crippen LogP contribution in [0.1, 0.15) is 11.1 Å². The Bertz CT molecular complexity index is 949. The number of carbonyl (C=O) groups excluding carboxylic acids is 2. The number of phenolic OH excluding ortho intramolecular Hbond substituents is 1. The molecule has 9 heteroatoms. The highest BCUT2D eigenvalue weighted by Gasteiger charge is 2.36. The zero-order valence-electron chi connectivity index (χ0n) is 14.9. The molecule has 1 aliphatic heterocycles. The maximum absolute atomic E-state index is 14.0. The minimum atomic E-state index is -0.594. The molecule has 0 aromatic heterocycles. The van der Waals surface area contributed by atoms with Crippen molar-refractivity contribution in [3.63, 3.8) is 0 Å². The number of amides is 2. The first kappa shape index (κ1) is 20.0. The predicted octanol–water partition coefficient (Wildman–Crippen LogP) is 4.44. The zero-order valence-corrected chi connectivity index (χ0v) is 16.4. The van der Waals surface area contributed by atoms with Crippen molar-refractivity contribution in [2.75, 3.05) is 14.2 Å². The van der Waals surface area contributed by atoms with Crippen molar-refractivity contribution in [1.29, 1.82) is 0 Å². The quantitative estimate of drug-likeness (QED) is 0.716. The largest absolute Gasteiger partial charge is 0.502 e. The van der Waals surface area contributed by atoms with Gasteiger partial charge in [0.1, 0.15) is 5.82 Å². The summed E-state index contributed by atoms with van der Waals surface area (Å²) in [6, 6.07) is 7.15. The van der Waals surface area contributed by atoms with Crippen LogP contribution in [0.3, 0.4) is 0 Å². The van der Waals surface area contributed by atoms with E-state index in [1.165, 1.54) is 50.6 Å². The van der Waals surface area contributed by atoms with E-state index in [0.717, 1.165) is 16.7 Å². The van der Waals surface area contributed by atoms with Gasteiger partial charge in [-0.15, -0.1) is 0 Å². The molecule has 6 nitrogen and oxygen atoms in total. The Labute approximate surface area is 169 Å². The van der Waals surface area contributed by atoms with Crippen LogP contribution in [-0.2, 0) is 11.3 Å². The van der Waals surface area contributed by atoms with Crippen molar-refractivity contribution in [1.82, 2.24) is 4.90 Å². The van der Waals surface area contributed by atoms with Crippen molar-refractivity contribution in [3.05, 3.63) is 57.2 Å². The molecule has 0 atom stereocenters. The number of hydrogen-bond donors (Lipinski definition) is 1. The summed E-state index contributed by atoms with van der Waals surface area (Å²) in [6.45, 7) is -0.268. The topological polar surface area (TPSA) is 76.1 Å². The number of carbonyl (C=O) groups is 2. The Balaban J connectivity index is 1.91. The molecule has 2 amide bonds. The van der Waals surface area contributed by atoms with E-state index in [9.17, 15) is 19.1 Å². The molecule has 146 valence electrons. The molecule has 2 aromatic rings. The maximum atomic E-state index is 14.0. The third-order valence-corrected chi connectivity index (χ3v) is 5.31. The molecule has 1 heterocycles. The lowest BCUT2D eigenvalue weighted by atomic mass is 10.1. The van der Waals surface area contributed by atoms with E-state index < -0.39 is 17.0 Å². The van der Waals surface area contributed by atoms with Crippen LogP contribution < -0.4 is 9.47 Å². The van der Waals surface area contributed by atoms with E-state index in [1.807, 2.05) is 0 Å². The highest BCUT2D eigenvalue weighted by molar-refractivity contribution is 8.18. The number of rotatable bonds is 5. The molecule has 0 spiro atoms. The molecule has 1 N–H and O–H groups in total. The summed E-state index contributed by atoms with van der Waals surface area (Å²) in [5, 5.41) is 9.57. The van der Waals surface area contributed by atoms with Crippen molar-refractivity contribution in [2.24, 2.45) is 0 Å². The van der Waals surface area contributed by atoms with Gasteiger partial charge in [-0.3, -0.25) is 14.5 Å². The highest BCUT2D eigenvalue weighted by atomic mass is 35.5. The van der Waals surface area contributed by atoms with Crippen LogP contribution in [0.5, 0.6) is 17.2 Å². The Morgan fingerprint density at radius 2 is 1.86 bits per heavy atom. The van der Waals surface area contributed by atoms with E-state index in [0.29, 0.717) is 5.56 Å². The number of ether oxygens (including phenoxy) is 2. The van der Waals surface area contributed by atoms with Crippen LogP contribution in [0.2, 0.25) is 5.02 Å². The first-order valence-electron chi connectivity index (χ1n) is 7.99. The fraction of sp³-hybridized carbons (Fsp3) is 0.158. The first-order valence-corrected chi connectivity index (χ1v) is 9.18. The van der Waals surface area contributed by atoms with Crippen LogP contribution in [-0.4, -0.2) is 35.4 Å². The number of thioether (sulfide) groups is 1. The summed E-state index contributed by atoms with van der Waals surface area (Å²) in [4.78, 5) is 26.0. The summed E-state index contributed by atoms with van der Waals surface area (Å²) < 4.78 is 24.2. The lowest BCUT2D eigenvalue weighted by molar-refractivity contribution is -0.123. The van der Waals surface area contributed by atoms with Gasteiger partial charge in [0.15, 0.2) is 11.5 Å². The molecule has 28 heavy (non-hydrogen) atoms. The Morgan fingerprint density at radius 1 is 1.21 bits per heavy atom. The van der Waals surface area contributed by atoms with E-state index in [4.69, 9.17) is 21.1 Å². The van der Waals surface area contributed by atoms with Gasteiger partial charge in [-0.05, 0) is 47.7 Å². The molecule has 0 radical (unpaired) electrons. The molecule has 1 saturated heterocycles. The lowest BCUT2D eigenvalue weighted by Crippen LogP contribution is -2.28. The van der Waals surface area contributed by atoms with Crippen LogP contribution in [0.25, 0.3) is 6.08 Å². The van der Waals surface area contributed by atoms with Gasteiger partial charge in [-0.2, -0.15) is 0 Å². The summed E-state index contributed by atoms with van der Waals surface area (Å²) >= 11 is 6.72. The smallest absolute Gasteiger partial charge is 0.293 e. The third-order valence-electron chi connectivity index (χ3n) is 4.05. The SMILES string of the molecule is COc1cc(/C=C2/SC(=O)N(Cc3c(F)cccc3Cl)C2=O)cc(OC)c1O. The van der Waals surface area contributed by atoms with Gasteiger partial charge in [0.25, 0.3) is 11.1 Å². The fourth-order valence-corrected chi connectivity index (χ4v) is 3.69. The standard InChI is InChI=1S/C19H15ClFNO5S/c1-26-14-6-10(7-15(27-2)17(14)23)8-16-18(24)22(19(25)28-16)9-11-12(20)4-3-5-13(11)21/h3-8,23H,9H2,1-2H3/b16-8+. The van der Waals surface area contributed by atoms with Crippen LogP contribution in [0, 0.1) is 5.82 Å². The molecule has 3 rings (SSSR count). The molecular weight excluding hydrogens is 409 g/mol. The van der Waals surface area contributed by atoms with Gasteiger partial charge in [0, 0.05) is 10.6 Å². The summed E-state index contributed by atoms with van der Waals surface area (Å²) in [7, 11) is 2.76. The van der Waals surface area contributed by atoms with Crippen molar-refractivity contribution < 1.29 is 28.6 Å². The minimum absolute atomic E-state index is 0.0701. The number of benzene rings is 2. The second kappa shape index (κ2) is 8.12. The van der Waals surface area contributed by atoms with Crippen molar-refractivity contribution in [2.45, 2.75) is 6.54 Å². The van der Waals surface area contributed by atoms with Gasteiger partial charge in [-0.25, -0.2) is 4.39 Å². The minimum Gasteiger partial charge on any atom is -0.502 e. The average Bonchev–Trinajstić information content (AvgIpc) is 2.92. The molecule has 1 aliphatic rings.